The Morgan fingerprint density at radius 3 is 2.73 bits per heavy atom. The van der Waals surface area contributed by atoms with E-state index in [0.29, 0.717) is 11.5 Å². The van der Waals surface area contributed by atoms with Crippen molar-refractivity contribution in [2.24, 2.45) is 5.92 Å². The van der Waals surface area contributed by atoms with Crippen LogP contribution in [0, 0.1) is 18.7 Å². The second-order valence-corrected chi connectivity index (χ2v) is 4.56. The molecule has 15 heavy (non-hydrogen) atoms. The number of aryl methyl sites for hydroxylation is 1. The van der Waals surface area contributed by atoms with Crippen LogP contribution in [0.2, 0.25) is 0 Å². The summed E-state index contributed by atoms with van der Waals surface area (Å²) in [7, 11) is 0. The van der Waals surface area contributed by atoms with E-state index in [-0.39, 0.29) is 5.82 Å². The van der Waals surface area contributed by atoms with Gasteiger partial charge in [-0.25, -0.2) is 4.39 Å². The second kappa shape index (κ2) is 4.31. The first kappa shape index (κ1) is 10.6. The Bertz CT molecular complexity index is 344. The number of hydrogen-bond acceptors (Lipinski definition) is 1. The van der Waals surface area contributed by atoms with Gasteiger partial charge in [0, 0.05) is 0 Å². The number of hydrogen-bond donors (Lipinski definition) is 1. The predicted molar refractivity (Wildman–Crippen MR) is 58.1 cm³/mol. The third kappa shape index (κ3) is 2.37. The Morgan fingerprint density at radius 2 is 2.20 bits per heavy atom. The van der Waals surface area contributed by atoms with Crippen LogP contribution in [-0.2, 0) is 0 Å². The summed E-state index contributed by atoms with van der Waals surface area (Å²) in [6.45, 7) is 1.73. The number of rotatable bonds is 3. The van der Waals surface area contributed by atoms with Crippen LogP contribution in [-0.4, -0.2) is 5.11 Å². The van der Waals surface area contributed by atoms with Crippen molar-refractivity contribution in [1.29, 1.82) is 0 Å². The van der Waals surface area contributed by atoms with Gasteiger partial charge in [0.25, 0.3) is 0 Å². The van der Waals surface area contributed by atoms with E-state index >= 15 is 0 Å². The van der Waals surface area contributed by atoms with Gasteiger partial charge in [-0.3, -0.25) is 0 Å². The lowest BCUT2D eigenvalue weighted by atomic mass is 9.80. The largest absolute Gasteiger partial charge is 0.388 e. The summed E-state index contributed by atoms with van der Waals surface area (Å²) in [5.41, 5.74) is 1.46. The zero-order valence-corrected chi connectivity index (χ0v) is 9.04. The lowest BCUT2D eigenvalue weighted by Crippen LogP contribution is -2.14. The summed E-state index contributed by atoms with van der Waals surface area (Å²) in [5.74, 6) is 0.472. The van der Waals surface area contributed by atoms with Crippen molar-refractivity contribution in [2.75, 3.05) is 0 Å². The van der Waals surface area contributed by atoms with Crippen molar-refractivity contribution in [1.82, 2.24) is 0 Å². The molecule has 1 N–H and O–H groups in total. The highest BCUT2D eigenvalue weighted by Gasteiger charge is 2.21. The van der Waals surface area contributed by atoms with Crippen LogP contribution in [0.15, 0.2) is 18.2 Å². The van der Waals surface area contributed by atoms with Crippen LogP contribution < -0.4 is 0 Å². The van der Waals surface area contributed by atoms with Gasteiger partial charge in [-0.05, 0) is 36.5 Å². The SMILES string of the molecule is Cc1cc(C(O)CC2CCC2)ccc1F. The van der Waals surface area contributed by atoms with Crippen molar-refractivity contribution in [3.63, 3.8) is 0 Å². The molecule has 0 bridgehead atoms. The van der Waals surface area contributed by atoms with Gasteiger partial charge in [0.2, 0.25) is 0 Å². The molecule has 1 fully saturated rings. The van der Waals surface area contributed by atoms with Crippen LogP contribution in [0.4, 0.5) is 4.39 Å². The van der Waals surface area contributed by atoms with E-state index < -0.39 is 6.10 Å². The molecule has 0 spiro atoms. The maximum atomic E-state index is 13.0. The van der Waals surface area contributed by atoms with Crippen LogP contribution in [0.3, 0.4) is 0 Å². The quantitative estimate of drug-likeness (QED) is 0.807. The highest BCUT2D eigenvalue weighted by Crippen LogP contribution is 2.34. The molecule has 1 aliphatic carbocycles. The van der Waals surface area contributed by atoms with Gasteiger partial charge in [0.15, 0.2) is 0 Å². The van der Waals surface area contributed by atoms with E-state index in [4.69, 9.17) is 0 Å². The summed E-state index contributed by atoms with van der Waals surface area (Å²) in [6.07, 6.45) is 4.16. The van der Waals surface area contributed by atoms with E-state index in [0.717, 1.165) is 12.0 Å². The smallest absolute Gasteiger partial charge is 0.126 e. The first-order valence-corrected chi connectivity index (χ1v) is 5.61. The monoisotopic (exact) mass is 208 g/mol. The molecule has 1 atom stereocenters. The maximum Gasteiger partial charge on any atom is 0.126 e. The van der Waals surface area contributed by atoms with E-state index in [9.17, 15) is 9.50 Å². The van der Waals surface area contributed by atoms with Crippen LogP contribution >= 0.6 is 0 Å². The fourth-order valence-corrected chi connectivity index (χ4v) is 2.06. The Morgan fingerprint density at radius 1 is 1.47 bits per heavy atom. The van der Waals surface area contributed by atoms with Gasteiger partial charge in [-0.1, -0.05) is 31.4 Å². The minimum Gasteiger partial charge on any atom is -0.388 e. The summed E-state index contributed by atoms with van der Waals surface area (Å²) in [4.78, 5) is 0. The average molecular weight is 208 g/mol. The number of benzene rings is 1. The van der Waals surface area contributed by atoms with Crippen LogP contribution in [0.5, 0.6) is 0 Å². The summed E-state index contributed by atoms with van der Waals surface area (Å²) < 4.78 is 13.0. The normalized spacial score (nSPS) is 18.6. The summed E-state index contributed by atoms with van der Waals surface area (Å²) in [6, 6.07) is 4.87. The highest BCUT2D eigenvalue weighted by molar-refractivity contribution is 5.25. The maximum absolute atomic E-state index is 13.0. The molecule has 0 amide bonds. The third-order valence-electron chi connectivity index (χ3n) is 3.35. The fourth-order valence-electron chi connectivity index (χ4n) is 2.06. The Kier molecular flexibility index (Phi) is 3.06. The van der Waals surface area contributed by atoms with Crippen molar-refractivity contribution < 1.29 is 9.50 Å². The van der Waals surface area contributed by atoms with E-state index in [1.807, 2.05) is 0 Å². The predicted octanol–water partition coefficient (Wildman–Crippen LogP) is 3.36. The molecule has 2 heteroatoms. The second-order valence-electron chi connectivity index (χ2n) is 4.56. The molecular weight excluding hydrogens is 191 g/mol. The number of aliphatic hydroxyl groups is 1. The van der Waals surface area contributed by atoms with Gasteiger partial charge in [0.1, 0.15) is 5.82 Å². The molecule has 0 heterocycles. The number of halogens is 1. The van der Waals surface area contributed by atoms with Gasteiger partial charge < -0.3 is 5.11 Å². The summed E-state index contributed by atoms with van der Waals surface area (Å²) in [5, 5.41) is 9.95. The summed E-state index contributed by atoms with van der Waals surface area (Å²) >= 11 is 0. The molecule has 82 valence electrons. The van der Waals surface area contributed by atoms with Gasteiger partial charge in [0.05, 0.1) is 6.10 Å². The molecule has 1 aliphatic rings. The average Bonchev–Trinajstić information content (AvgIpc) is 2.15. The minimum atomic E-state index is -0.422. The van der Waals surface area contributed by atoms with Gasteiger partial charge in [-0.15, -0.1) is 0 Å². The van der Waals surface area contributed by atoms with Crippen molar-refractivity contribution >= 4 is 0 Å². The van der Waals surface area contributed by atoms with Crippen molar-refractivity contribution in [3.8, 4) is 0 Å². The Labute approximate surface area is 89.9 Å². The zero-order chi connectivity index (χ0) is 10.8. The Balaban J connectivity index is 2.03. The standard InChI is InChI=1S/C13H17FO/c1-9-7-11(5-6-12(9)14)13(15)8-10-3-2-4-10/h5-7,10,13,15H,2-4,8H2,1H3. The van der Waals surface area contributed by atoms with Crippen molar-refractivity contribution in [2.45, 2.75) is 38.7 Å². The van der Waals surface area contributed by atoms with Gasteiger partial charge >= 0.3 is 0 Å². The molecule has 1 aromatic rings. The molecule has 1 nitrogen and oxygen atoms in total. The van der Waals surface area contributed by atoms with Crippen LogP contribution in [0.1, 0.15) is 42.9 Å². The lowest BCUT2D eigenvalue weighted by molar-refractivity contribution is 0.118. The zero-order valence-electron chi connectivity index (χ0n) is 9.04. The topological polar surface area (TPSA) is 20.2 Å². The van der Waals surface area contributed by atoms with E-state index in [1.165, 1.54) is 25.3 Å². The molecule has 1 saturated carbocycles. The fraction of sp³-hybridized carbons (Fsp3) is 0.538. The first-order valence-electron chi connectivity index (χ1n) is 5.61. The first-order chi connectivity index (χ1) is 7.16. The number of aliphatic hydroxyl groups excluding tert-OH is 1. The highest BCUT2D eigenvalue weighted by atomic mass is 19.1. The van der Waals surface area contributed by atoms with Crippen molar-refractivity contribution in [3.05, 3.63) is 35.1 Å². The molecule has 0 radical (unpaired) electrons. The minimum absolute atomic E-state index is 0.199. The van der Waals surface area contributed by atoms with E-state index in [2.05, 4.69) is 0 Å². The molecule has 0 aliphatic heterocycles. The molecular formula is C13H17FO. The third-order valence-corrected chi connectivity index (χ3v) is 3.35. The van der Waals surface area contributed by atoms with Gasteiger partial charge in [-0.2, -0.15) is 0 Å². The van der Waals surface area contributed by atoms with Crippen LogP contribution in [0.25, 0.3) is 0 Å². The molecule has 1 unspecified atom stereocenters. The molecule has 1 aromatic carbocycles. The molecule has 0 saturated heterocycles. The lowest BCUT2D eigenvalue weighted by Gasteiger charge is -2.27. The molecule has 0 aromatic heterocycles. The Hall–Kier alpha value is -0.890. The molecule has 2 rings (SSSR count). The van der Waals surface area contributed by atoms with E-state index in [1.54, 1.807) is 19.1 Å².